The van der Waals surface area contributed by atoms with E-state index in [4.69, 9.17) is 4.98 Å². The Hall–Kier alpha value is -5.77. The van der Waals surface area contributed by atoms with Crippen LogP contribution in [0.3, 0.4) is 0 Å². The minimum atomic E-state index is 0.920. The van der Waals surface area contributed by atoms with E-state index in [0.717, 1.165) is 22.6 Å². The average Bonchev–Trinajstić information content (AvgIpc) is 3.67. The molecule has 0 fully saturated rings. The third-order valence-corrected chi connectivity index (χ3v) is 10.5. The molecule has 0 amide bonds. The molecule has 214 valence electrons. The highest BCUT2D eigenvalue weighted by atomic mass is 32.1. The zero-order valence-corrected chi connectivity index (χ0v) is 25.6. The number of pyridine rings is 1. The fraction of sp³-hybridized carbons (Fsp3) is 0. The highest BCUT2D eigenvalue weighted by Gasteiger charge is 2.21. The Balaban J connectivity index is 1.25. The van der Waals surface area contributed by atoms with Crippen molar-refractivity contribution < 1.29 is 0 Å². The lowest BCUT2D eigenvalue weighted by Crippen LogP contribution is -2.00. The van der Waals surface area contributed by atoms with E-state index in [-0.39, 0.29) is 0 Å². The molecule has 0 saturated heterocycles. The van der Waals surface area contributed by atoms with E-state index < -0.39 is 0 Å². The van der Waals surface area contributed by atoms with E-state index in [9.17, 15) is 0 Å². The summed E-state index contributed by atoms with van der Waals surface area (Å²) >= 11 is 1.87. The van der Waals surface area contributed by atoms with Crippen LogP contribution in [0.5, 0.6) is 0 Å². The van der Waals surface area contributed by atoms with E-state index in [1.807, 2.05) is 11.3 Å². The summed E-state index contributed by atoms with van der Waals surface area (Å²) in [4.78, 5) is 5.33. The van der Waals surface area contributed by atoms with Crippen LogP contribution < -0.4 is 0 Å². The first-order valence-electron chi connectivity index (χ1n) is 15.6. The average molecular weight is 603 g/mol. The maximum absolute atomic E-state index is 5.33. The van der Waals surface area contributed by atoms with Crippen LogP contribution in [0.15, 0.2) is 158 Å². The first-order valence-corrected chi connectivity index (χ1v) is 16.4. The third-order valence-electron chi connectivity index (χ3n) is 9.36. The molecular formula is C43H26N2S. The van der Waals surface area contributed by atoms with E-state index in [1.54, 1.807) is 0 Å². The zero-order valence-electron chi connectivity index (χ0n) is 24.8. The maximum Gasteiger partial charge on any atom is 0.138 e. The van der Waals surface area contributed by atoms with Crippen LogP contribution in [-0.4, -0.2) is 9.55 Å². The minimum Gasteiger partial charge on any atom is -0.294 e. The van der Waals surface area contributed by atoms with Gasteiger partial charge in [0.2, 0.25) is 0 Å². The van der Waals surface area contributed by atoms with Crippen molar-refractivity contribution in [1.82, 2.24) is 9.55 Å². The molecule has 2 nitrogen and oxygen atoms in total. The molecule has 0 aliphatic heterocycles. The van der Waals surface area contributed by atoms with Crippen molar-refractivity contribution in [2.24, 2.45) is 0 Å². The van der Waals surface area contributed by atoms with Gasteiger partial charge in [0, 0.05) is 36.5 Å². The van der Waals surface area contributed by atoms with Gasteiger partial charge in [-0.05, 0) is 75.5 Å². The van der Waals surface area contributed by atoms with Crippen LogP contribution >= 0.6 is 11.3 Å². The number of benzene rings is 7. The lowest BCUT2D eigenvalue weighted by Gasteiger charge is -2.13. The van der Waals surface area contributed by atoms with Gasteiger partial charge in [-0.1, -0.05) is 115 Å². The Morgan fingerprint density at radius 3 is 2.07 bits per heavy atom. The van der Waals surface area contributed by atoms with Crippen molar-refractivity contribution in [3.05, 3.63) is 158 Å². The molecule has 3 heteroatoms. The molecule has 0 bridgehead atoms. The second-order valence-corrected chi connectivity index (χ2v) is 13.1. The highest BCUT2D eigenvalue weighted by molar-refractivity contribution is 7.25. The second-order valence-electron chi connectivity index (χ2n) is 12.0. The van der Waals surface area contributed by atoms with Crippen LogP contribution in [0.1, 0.15) is 0 Å². The van der Waals surface area contributed by atoms with Crippen LogP contribution in [-0.2, 0) is 0 Å². The van der Waals surface area contributed by atoms with Crippen LogP contribution in [0.4, 0.5) is 0 Å². The summed E-state index contributed by atoms with van der Waals surface area (Å²) in [6.07, 6.45) is 0. The maximum atomic E-state index is 5.33. The van der Waals surface area contributed by atoms with E-state index in [0.29, 0.717) is 0 Å². The number of hydrogen-bond donors (Lipinski definition) is 0. The summed E-state index contributed by atoms with van der Waals surface area (Å²) in [6, 6.07) is 57.1. The summed E-state index contributed by atoms with van der Waals surface area (Å²) in [5.74, 6) is 0.920. The molecule has 0 N–H and O–H groups in total. The van der Waals surface area contributed by atoms with Gasteiger partial charge in [-0.15, -0.1) is 11.3 Å². The molecule has 0 spiro atoms. The van der Waals surface area contributed by atoms with E-state index >= 15 is 0 Å². The van der Waals surface area contributed by atoms with Gasteiger partial charge in [0.25, 0.3) is 0 Å². The van der Waals surface area contributed by atoms with Crippen molar-refractivity contribution in [2.75, 3.05) is 0 Å². The number of fused-ring (bicyclic) bond motifs is 3. The van der Waals surface area contributed by atoms with Gasteiger partial charge in [-0.2, -0.15) is 0 Å². The minimum absolute atomic E-state index is 0.920. The lowest BCUT2D eigenvalue weighted by molar-refractivity contribution is 1.08. The predicted molar refractivity (Wildman–Crippen MR) is 196 cm³/mol. The molecule has 46 heavy (non-hydrogen) atoms. The molecule has 0 saturated carbocycles. The smallest absolute Gasteiger partial charge is 0.138 e. The predicted octanol–water partition coefficient (Wildman–Crippen LogP) is 12.1. The molecule has 10 aromatic rings. The van der Waals surface area contributed by atoms with Gasteiger partial charge < -0.3 is 0 Å². The van der Waals surface area contributed by atoms with Gasteiger partial charge in [0.15, 0.2) is 0 Å². The lowest BCUT2D eigenvalue weighted by atomic mass is 9.94. The van der Waals surface area contributed by atoms with Crippen molar-refractivity contribution in [2.45, 2.75) is 0 Å². The largest absolute Gasteiger partial charge is 0.294 e. The van der Waals surface area contributed by atoms with Crippen molar-refractivity contribution in [3.63, 3.8) is 0 Å². The molecule has 3 aromatic heterocycles. The summed E-state index contributed by atoms with van der Waals surface area (Å²) in [6.45, 7) is 0. The summed E-state index contributed by atoms with van der Waals surface area (Å²) in [7, 11) is 0. The Kier molecular flexibility index (Phi) is 5.48. The molecule has 0 atom stereocenters. The quantitative estimate of drug-likeness (QED) is 0.183. The Bertz CT molecular complexity index is 2680. The highest BCUT2D eigenvalue weighted by Crippen LogP contribution is 2.44. The Labute approximate surface area is 269 Å². The summed E-state index contributed by atoms with van der Waals surface area (Å²) < 4.78 is 5.02. The molecule has 0 aliphatic carbocycles. The third kappa shape index (κ3) is 3.79. The number of rotatable bonds is 4. The number of nitrogens with zero attached hydrogens (tertiary/aromatic N) is 2. The SMILES string of the molecule is c1ccc(-c2cc(-c3ccccc3)nc(-n3c4cccc5ccc6c(-c7ccc8sc9ccccc9c8c7)ccc3c6c54)c2)cc1. The number of hydrogen-bond acceptors (Lipinski definition) is 2. The van der Waals surface area contributed by atoms with Crippen molar-refractivity contribution >= 4 is 64.1 Å². The molecule has 0 radical (unpaired) electrons. The second kappa shape index (κ2) is 9.87. The van der Waals surface area contributed by atoms with Crippen molar-refractivity contribution in [3.8, 4) is 39.3 Å². The summed E-state index contributed by atoms with van der Waals surface area (Å²) in [5.41, 5.74) is 9.24. The standard InChI is InChI=1S/C43H26N2S/c1-3-10-27(11-4-1)31-25-36(28-12-5-2-6-13-28)44-41(26-31)45-37-16-9-14-29-18-20-34-32(21-22-38(45)43(34)42(29)37)30-19-23-40-35(24-30)33-15-7-8-17-39(33)46-40/h1-26H. The monoisotopic (exact) mass is 602 g/mol. The molecular weight excluding hydrogens is 577 g/mol. The zero-order chi connectivity index (χ0) is 30.2. The molecule has 7 aromatic carbocycles. The van der Waals surface area contributed by atoms with Gasteiger partial charge in [-0.3, -0.25) is 4.57 Å². The molecule has 10 rings (SSSR count). The van der Waals surface area contributed by atoms with E-state index in [1.165, 1.54) is 69.4 Å². The van der Waals surface area contributed by atoms with E-state index in [2.05, 4.69) is 162 Å². The van der Waals surface area contributed by atoms with Gasteiger partial charge in [0.05, 0.1) is 16.7 Å². The van der Waals surface area contributed by atoms with Crippen LogP contribution in [0, 0.1) is 0 Å². The van der Waals surface area contributed by atoms with Gasteiger partial charge in [0.1, 0.15) is 5.82 Å². The molecule has 0 unspecified atom stereocenters. The Morgan fingerprint density at radius 1 is 0.435 bits per heavy atom. The summed E-state index contributed by atoms with van der Waals surface area (Å²) in [5, 5.41) is 7.73. The first-order chi connectivity index (χ1) is 22.8. The van der Waals surface area contributed by atoms with Gasteiger partial charge >= 0.3 is 0 Å². The molecule has 0 aliphatic rings. The normalized spacial score (nSPS) is 11.9. The fourth-order valence-electron chi connectivity index (χ4n) is 7.26. The Morgan fingerprint density at radius 2 is 1.20 bits per heavy atom. The number of aromatic nitrogens is 2. The first kappa shape index (κ1) is 25.5. The topological polar surface area (TPSA) is 17.8 Å². The van der Waals surface area contributed by atoms with Gasteiger partial charge in [-0.25, -0.2) is 4.98 Å². The van der Waals surface area contributed by atoms with Crippen molar-refractivity contribution in [1.29, 1.82) is 0 Å². The van der Waals surface area contributed by atoms with Crippen LogP contribution in [0.2, 0.25) is 0 Å². The molecule has 3 heterocycles. The van der Waals surface area contributed by atoms with Crippen LogP contribution in [0.25, 0.3) is 92.1 Å². The fourth-order valence-corrected chi connectivity index (χ4v) is 8.35. The number of thiophene rings is 1.